The zero-order valence-corrected chi connectivity index (χ0v) is 7.44. The van der Waals surface area contributed by atoms with Gasteiger partial charge in [-0.25, -0.2) is 4.68 Å². The van der Waals surface area contributed by atoms with E-state index in [1.165, 1.54) is 6.20 Å². The molecule has 0 fully saturated rings. The molecule has 0 saturated carbocycles. The second-order valence-electron chi connectivity index (χ2n) is 2.49. The molecule has 2 aromatic heterocycles. The third-order valence-electron chi connectivity index (χ3n) is 1.67. The normalized spacial score (nSPS) is 10.2. The molecule has 0 atom stereocenters. The Balaban J connectivity index is 2.53. The molecule has 0 spiro atoms. The van der Waals surface area contributed by atoms with Crippen molar-refractivity contribution in [3.8, 4) is 5.69 Å². The summed E-state index contributed by atoms with van der Waals surface area (Å²) >= 11 is 5.76. The van der Waals surface area contributed by atoms with E-state index >= 15 is 0 Å². The SMILES string of the molecule is Nc1c(Cl)cnn1-c1ccncc1. The van der Waals surface area contributed by atoms with Gasteiger partial charge in [0.1, 0.15) is 10.8 Å². The van der Waals surface area contributed by atoms with Crippen molar-refractivity contribution in [2.45, 2.75) is 0 Å². The van der Waals surface area contributed by atoms with Gasteiger partial charge in [0.25, 0.3) is 0 Å². The number of nitrogens with zero attached hydrogens (tertiary/aromatic N) is 3. The van der Waals surface area contributed by atoms with Crippen molar-refractivity contribution in [1.29, 1.82) is 0 Å². The topological polar surface area (TPSA) is 56.7 Å². The minimum Gasteiger partial charge on any atom is -0.382 e. The van der Waals surface area contributed by atoms with Crippen LogP contribution >= 0.6 is 11.6 Å². The van der Waals surface area contributed by atoms with E-state index in [4.69, 9.17) is 17.3 Å². The molecular formula is C8H7ClN4. The van der Waals surface area contributed by atoms with Gasteiger partial charge < -0.3 is 5.73 Å². The highest BCUT2D eigenvalue weighted by Crippen LogP contribution is 2.20. The van der Waals surface area contributed by atoms with Crippen LogP contribution in [0, 0.1) is 0 Å². The molecule has 0 amide bonds. The number of nitrogens with two attached hydrogens (primary N) is 1. The van der Waals surface area contributed by atoms with Crippen LogP contribution in [-0.4, -0.2) is 14.8 Å². The predicted molar refractivity (Wildman–Crippen MR) is 50.8 cm³/mol. The standard InChI is InChI=1S/C8H7ClN4/c9-7-5-12-13(8(7)10)6-1-3-11-4-2-6/h1-5H,10H2. The van der Waals surface area contributed by atoms with Crippen LogP contribution in [0.1, 0.15) is 0 Å². The number of pyridine rings is 1. The van der Waals surface area contributed by atoms with Gasteiger partial charge in [-0.2, -0.15) is 5.10 Å². The van der Waals surface area contributed by atoms with E-state index in [1.807, 2.05) is 0 Å². The molecular weight excluding hydrogens is 188 g/mol. The van der Waals surface area contributed by atoms with Crippen LogP contribution in [0.15, 0.2) is 30.7 Å². The average Bonchev–Trinajstić information content (AvgIpc) is 2.49. The number of hydrogen-bond donors (Lipinski definition) is 1. The van der Waals surface area contributed by atoms with Gasteiger partial charge in [0.05, 0.1) is 11.9 Å². The Morgan fingerprint density at radius 2 is 2.00 bits per heavy atom. The Morgan fingerprint density at radius 3 is 2.54 bits per heavy atom. The maximum Gasteiger partial charge on any atom is 0.146 e. The monoisotopic (exact) mass is 194 g/mol. The van der Waals surface area contributed by atoms with Crippen molar-refractivity contribution in [2.24, 2.45) is 0 Å². The molecule has 0 bridgehead atoms. The Labute approximate surface area is 80.0 Å². The number of rotatable bonds is 1. The van der Waals surface area contributed by atoms with Crippen LogP contribution < -0.4 is 5.73 Å². The van der Waals surface area contributed by atoms with Gasteiger partial charge >= 0.3 is 0 Å². The molecule has 0 aliphatic heterocycles. The lowest BCUT2D eigenvalue weighted by Gasteiger charge is -2.01. The first-order valence-corrected chi connectivity index (χ1v) is 4.06. The smallest absolute Gasteiger partial charge is 0.146 e. The summed E-state index contributed by atoms with van der Waals surface area (Å²) in [5.41, 5.74) is 6.53. The second-order valence-corrected chi connectivity index (χ2v) is 2.90. The highest BCUT2D eigenvalue weighted by Gasteiger charge is 2.05. The summed E-state index contributed by atoms with van der Waals surface area (Å²) in [6.45, 7) is 0. The van der Waals surface area contributed by atoms with E-state index in [2.05, 4.69) is 10.1 Å². The molecule has 2 heterocycles. The van der Waals surface area contributed by atoms with Gasteiger partial charge in [-0.1, -0.05) is 11.6 Å². The zero-order chi connectivity index (χ0) is 9.26. The minimum absolute atomic E-state index is 0.438. The number of nitrogen functional groups attached to an aromatic ring is 1. The van der Waals surface area contributed by atoms with Gasteiger partial charge in [0.15, 0.2) is 0 Å². The summed E-state index contributed by atoms with van der Waals surface area (Å²) in [6.07, 6.45) is 4.85. The van der Waals surface area contributed by atoms with Crippen LogP contribution in [0.3, 0.4) is 0 Å². The van der Waals surface area contributed by atoms with E-state index < -0.39 is 0 Å². The predicted octanol–water partition coefficient (Wildman–Crippen LogP) is 1.50. The van der Waals surface area contributed by atoms with Crippen molar-refractivity contribution in [2.75, 3.05) is 5.73 Å². The largest absolute Gasteiger partial charge is 0.382 e. The lowest BCUT2D eigenvalue weighted by Crippen LogP contribution is -2.01. The fourth-order valence-electron chi connectivity index (χ4n) is 1.03. The van der Waals surface area contributed by atoms with Crippen molar-refractivity contribution in [3.05, 3.63) is 35.7 Å². The average molecular weight is 195 g/mol. The van der Waals surface area contributed by atoms with E-state index in [9.17, 15) is 0 Å². The number of anilines is 1. The van der Waals surface area contributed by atoms with Crippen LogP contribution in [0.4, 0.5) is 5.82 Å². The molecule has 0 unspecified atom stereocenters. The van der Waals surface area contributed by atoms with Gasteiger partial charge in [-0.15, -0.1) is 0 Å². The summed E-state index contributed by atoms with van der Waals surface area (Å²) in [5, 5.41) is 4.47. The number of hydrogen-bond acceptors (Lipinski definition) is 3. The van der Waals surface area contributed by atoms with Crippen LogP contribution in [0.5, 0.6) is 0 Å². The van der Waals surface area contributed by atoms with Gasteiger partial charge in [-0.05, 0) is 12.1 Å². The molecule has 4 nitrogen and oxygen atoms in total. The van der Waals surface area contributed by atoms with E-state index in [0.29, 0.717) is 10.8 Å². The molecule has 0 aliphatic rings. The fraction of sp³-hybridized carbons (Fsp3) is 0. The molecule has 2 rings (SSSR count). The Kier molecular flexibility index (Phi) is 1.90. The van der Waals surface area contributed by atoms with Crippen LogP contribution in [-0.2, 0) is 0 Å². The molecule has 0 radical (unpaired) electrons. The summed E-state index contributed by atoms with van der Waals surface area (Å²) in [6, 6.07) is 3.61. The fourth-order valence-corrected chi connectivity index (χ4v) is 1.15. The van der Waals surface area contributed by atoms with Crippen molar-refractivity contribution < 1.29 is 0 Å². The Bertz CT molecular complexity index is 409. The summed E-state index contributed by atoms with van der Waals surface area (Å²) in [7, 11) is 0. The second kappa shape index (κ2) is 3.06. The van der Waals surface area contributed by atoms with Crippen LogP contribution in [0.2, 0.25) is 5.02 Å². The van der Waals surface area contributed by atoms with E-state index in [-0.39, 0.29) is 0 Å². The van der Waals surface area contributed by atoms with E-state index in [0.717, 1.165) is 5.69 Å². The lowest BCUT2D eigenvalue weighted by molar-refractivity contribution is 0.888. The summed E-state index contributed by atoms with van der Waals surface area (Å²) in [5.74, 6) is 0.438. The van der Waals surface area contributed by atoms with Crippen LogP contribution in [0.25, 0.3) is 5.69 Å². The number of aromatic nitrogens is 3. The minimum atomic E-state index is 0.438. The van der Waals surface area contributed by atoms with Crippen molar-refractivity contribution in [3.63, 3.8) is 0 Å². The molecule has 13 heavy (non-hydrogen) atoms. The summed E-state index contributed by atoms with van der Waals surface area (Å²) < 4.78 is 1.56. The highest BCUT2D eigenvalue weighted by molar-refractivity contribution is 6.32. The molecule has 2 aromatic rings. The molecule has 66 valence electrons. The molecule has 5 heteroatoms. The zero-order valence-electron chi connectivity index (χ0n) is 6.68. The van der Waals surface area contributed by atoms with E-state index in [1.54, 1.807) is 29.2 Å². The lowest BCUT2D eigenvalue weighted by atomic mass is 10.4. The van der Waals surface area contributed by atoms with Gasteiger partial charge in [-0.3, -0.25) is 4.98 Å². The maximum absolute atomic E-state index is 5.76. The maximum atomic E-state index is 5.76. The highest BCUT2D eigenvalue weighted by atomic mass is 35.5. The quantitative estimate of drug-likeness (QED) is 0.749. The third-order valence-corrected chi connectivity index (χ3v) is 1.96. The van der Waals surface area contributed by atoms with Gasteiger partial charge in [0.2, 0.25) is 0 Å². The van der Waals surface area contributed by atoms with Gasteiger partial charge in [0, 0.05) is 12.4 Å². The molecule has 0 aromatic carbocycles. The Morgan fingerprint density at radius 1 is 1.31 bits per heavy atom. The number of halogens is 1. The summed E-state index contributed by atoms with van der Waals surface area (Å²) in [4.78, 5) is 3.89. The molecule has 0 aliphatic carbocycles. The first-order chi connectivity index (χ1) is 6.29. The van der Waals surface area contributed by atoms with Crippen molar-refractivity contribution in [1.82, 2.24) is 14.8 Å². The molecule has 0 saturated heterocycles. The Hall–Kier alpha value is -1.55. The molecule has 2 N–H and O–H groups in total. The first-order valence-electron chi connectivity index (χ1n) is 3.68. The third kappa shape index (κ3) is 1.36. The first kappa shape index (κ1) is 8.07. The van der Waals surface area contributed by atoms with Crippen molar-refractivity contribution >= 4 is 17.4 Å².